The average molecular weight is 482 g/mol. The molecule has 0 saturated carbocycles. The molecule has 0 unspecified atom stereocenters. The third-order valence-electron chi connectivity index (χ3n) is 6.47. The summed E-state index contributed by atoms with van der Waals surface area (Å²) in [6, 6.07) is 7.20. The Morgan fingerprint density at radius 1 is 1.38 bits per heavy atom. The van der Waals surface area contributed by atoms with Crippen LogP contribution >= 0.6 is 11.3 Å². The highest BCUT2D eigenvalue weighted by atomic mass is 32.1. The highest BCUT2D eigenvalue weighted by Crippen LogP contribution is 2.36. The summed E-state index contributed by atoms with van der Waals surface area (Å²) in [4.78, 5) is 23.0. The molecule has 178 valence electrons. The summed E-state index contributed by atoms with van der Waals surface area (Å²) >= 11 is 1.50. The van der Waals surface area contributed by atoms with Gasteiger partial charge in [0.25, 0.3) is 0 Å². The van der Waals surface area contributed by atoms with Gasteiger partial charge < -0.3 is 9.84 Å². The van der Waals surface area contributed by atoms with Crippen molar-refractivity contribution in [2.24, 2.45) is 11.8 Å². The molecule has 8 heteroatoms. The van der Waals surface area contributed by atoms with E-state index >= 15 is 4.39 Å². The Hall–Kier alpha value is -3.02. The normalized spacial score (nSPS) is 19.4. The van der Waals surface area contributed by atoms with Crippen LogP contribution in [0.4, 0.5) is 4.39 Å². The predicted octanol–water partition coefficient (Wildman–Crippen LogP) is 4.96. The first kappa shape index (κ1) is 24.1. The third-order valence-corrected chi connectivity index (χ3v) is 7.16. The van der Waals surface area contributed by atoms with E-state index in [-0.39, 0.29) is 18.3 Å². The first-order valence-corrected chi connectivity index (χ1v) is 12.3. The minimum atomic E-state index is -1.15. The molecule has 3 atom stereocenters. The summed E-state index contributed by atoms with van der Waals surface area (Å²) in [7, 11) is 1.59. The smallest absolute Gasteiger partial charge is 0.303 e. The minimum absolute atomic E-state index is 0.0158. The Balaban J connectivity index is 1.39. The zero-order valence-electron chi connectivity index (χ0n) is 19.1. The van der Waals surface area contributed by atoms with Crippen LogP contribution in [0.15, 0.2) is 42.2 Å². The van der Waals surface area contributed by atoms with E-state index in [4.69, 9.17) is 4.74 Å². The molecular formula is C26H28FN3O3S. The molecule has 3 aromatic rings. The number of carboxylic acids is 1. The maximum Gasteiger partial charge on any atom is 0.303 e. The van der Waals surface area contributed by atoms with Crippen molar-refractivity contribution in [3.8, 4) is 17.6 Å². The minimum Gasteiger partial charge on any atom is -0.497 e. The molecule has 0 spiro atoms. The monoisotopic (exact) mass is 481 g/mol. The van der Waals surface area contributed by atoms with E-state index in [0.717, 1.165) is 28.7 Å². The zero-order chi connectivity index (χ0) is 23.9. The molecule has 1 aromatic carbocycles. The van der Waals surface area contributed by atoms with Gasteiger partial charge in [0, 0.05) is 24.5 Å². The van der Waals surface area contributed by atoms with E-state index in [2.05, 4.69) is 26.7 Å². The predicted molar refractivity (Wildman–Crippen MR) is 131 cm³/mol. The maximum atomic E-state index is 15.4. The van der Waals surface area contributed by atoms with E-state index in [1.165, 1.54) is 11.3 Å². The number of aromatic nitrogens is 2. The fraction of sp³-hybridized carbons (Fsp3) is 0.423. The van der Waals surface area contributed by atoms with Crippen molar-refractivity contribution in [2.75, 3.05) is 26.7 Å². The molecular weight excluding hydrogens is 453 g/mol. The number of piperidine rings is 1. The topological polar surface area (TPSA) is 75.5 Å². The number of alkyl halides is 1. The lowest BCUT2D eigenvalue weighted by Gasteiger charge is -2.37. The number of hydrogen-bond acceptors (Lipinski definition) is 6. The molecule has 1 fully saturated rings. The van der Waals surface area contributed by atoms with Crippen LogP contribution in [0.25, 0.3) is 10.9 Å². The number of aliphatic carboxylic acids is 1. The quantitative estimate of drug-likeness (QED) is 0.459. The van der Waals surface area contributed by atoms with E-state index in [9.17, 15) is 9.90 Å². The van der Waals surface area contributed by atoms with Gasteiger partial charge in [-0.25, -0.2) is 4.39 Å². The number of pyridine rings is 1. The van der Waals surface area contributed by atoms with Gasteiger partial charge in [-0.3, -0.25) is 19.7 Å². The third kappa shape index (κ3) is 6.10. The van der Waals surface area contributed by atoms with Crippen molar-refractivity contribution in [3.05, 3.63) is 52.6 Å². The van der Waals surface area contributed by atoms with Crippen LogP contribution in [0, 0.1) is 23.7 Å². The Bertz CT molecular complexity index is 1170. The zero-order valence-corrected chi connectivity index (χ0v) is 19.9. The Labute approximate surface area is 202 Å². The number of carbonyl (C=O) groups is 1. The fourth-order valence-corrected chi connectivity index (χ4v) is 5.20. The number of rotatable bonds is 8. The van der Waals surface area contributed by atoms with Crippen LogP contribution in [0.3, 0.4) is 0 Å². The molecule has 1 N–H and O–H groups in total. The Kier molecular flexibility index (Phi) is 8.09. The number of nitrogens with zero attached hydrogens (tertiary/aromatic N) is 3. The van der Waals surface area contributed by atoms with Gasteiger partial charge in [0.1, 0.15) is 11.9 Å². The number of halogens is 1. The number of fused-ring (bicyclic) bond motifs is 1. The van der Waals surface area contributed by atoms with Crippen molar-refractivity contribution in [3.63, 3.8) is 0 Å². The van der Waals surface area contributed by atoms with Gasteiger partial charge >= 0.3 is 5.97 Å². The molecule has 34 heavy (non-hydrogen) atoms. The number of hydrogen-bond donors (Lipinski definition) is 1. The van der Waals surface area contributed by atoms with Gasteiger partial charge in [-0.2, -0.15) is 0 Å². The van der Waals surface area contributed by atoms with Crippen LogP contribution in [-0.4, -0.2) is 52.7 Å². The molecule has 3 heterocycles. The van der Waals surface area contributed by atoms with E-state index < -0.39 is 12.1 Å². The first-order chi connectivity index (χ1) is 16.5. The summed E-state index contributed by atoms with van der Waals surface area (Å²) < 4.78 is 20.7. The number of ether oxygens (including phenoxy) is 1. The molecule has 0 amide bonds. The van der Waals surface area contributed by atoms with E-state index in [1.54, 1.807) is 31.1 Å². The second-order valence-electron chi connectivity index (χ2n) is 8.64. The van der Waals surface area contributed by atoms with Crippen molar-refractivity contribution in [1.29, 1.82) is 0 Å². The molecule has 4 rings (SSSR count). The highest BCUT2D eigenvalue weighted by molar-refractivity contribution is 7.10. The van der Waals surface area contributed by atoms with Gasteiger partial charge in [0.05, 0.1) is 35.8 Å². The van der Waals surface area contributed by atoms with Gasteiger partial charge in [-0.05, 0) is 67.5 Å². The Morgan fingerprint density at radius 2 is 2.26 bits per heavy atom. The molecule has 0 bridgehead atoms. The lowest BCUT2D eigenvalue weighted by molar-refractivity contribution is -0.139. The second-order valence-corrected chi connectivity index (χ2v) is 9.52. The van der Waals surface area contributed by atoms with Crippen molar-refractivity contribution in [2.45, 2.75) is 31.9 Å². The van der Waals surface area contributed by atoms with Crippen LogP contribution in [0.2, 0.25) is 0 Å². The summed E-state index contributed by atoms with van der Waals surface area (Å²) in [6.45, 7) is 2.10. The van der Waals surface area contributed by atoms with Crippen molar-refractivity contribution >= 4 is 28.2 Å². The molecule has 0 aliphatic carbocycles. The lowest BCUT2D eigenvalue weighted by atomic mass is 9.79. The number of methoxy groups -OCH3 is 1. The number of likely N-dealkylation sites (tertiary alicyclic amines) is 1. The standard InChI is InChI=1S/C26H28FN3O3S/c1-33-20-5-7-25-23(14-20)22(8-10-29-25)24(27)6-4-18-9-12-30(16-19(18)13-26(31)32)11-2-3-21-15-28-17-34-21/h5,7-8,10,14-15,17-19,24H,4,6,9,11-13,16H2,1H3,(H,31,32)/t18-,19+,24+/m1/s1. The number of thiazole rings is 1. The van der Waals surface area contributed by atoms with Gasteiger partial charge in [-0.1, -0.05) is 11.8 Å². The summed E-state index contributed by atoms with van der Waals surface area (Å²) in [6.07, 6.45) is 4.16. The lowest BCUT2D eigenvalue weighted by Crippen LogP contribution is -2.41. The maximum absolute atomic E-state index is 15.4. The van der Waals surface area contributed by atoms with Crippen LogP contribution in [0.1, 0.15) is 42.3 Å². The summed E-state index contributed by atoms with van der Waals surface area (Å²) in [5, 5.41) is 10.2. The van der Waals surface area contributed by atoms with Crippen LogP contribution in [0.5, 0.6) is 5.75 Å². The molecule has 2 aromatic heterocycles. The molecule has 1 saturated heterocycles. The van der Waals surface area contributed by atoms with Crippen LogP contribution in [-0.2, 0) is 4.79 Å². The SMILES string of the molecule is COc1ccc2nccc([C@@H](F)CC[C@@H]3CCN(CC#Cc4cncs4)C[C@@H]3CC(=O)O)c2c1. The highest BCUT2D eigenvalue weighted by Gasteiger charge is 2.31. The molecule has 6 nitrogen and oxygen atoms in total. The van der Waals surface area contributed by atoms with E-state index in [1.807, 2.05) is 18.2 Å². The first-order valence-electron chi connectivity index (χ1n) is 11.4. The van der Waals surface area contributed by atoms with Gasteiger partial charge in [0.15, 0.2) is 0 Å². The number of benzene rings is 1. The largest absolute Gasteiger partial charge is 0.497 e. The Morgan fingerprint density at radius 3 is 3.03 bits per heavy atom. The summed E-state index contributed by atoms with van der Waals surface area (Å²) in [5.74, 6) is 6.28. The van der Waals surface area contributed by atoms with Crippen LogP contribution < -0.4 is 4.74 Å². The second kappa shape index (κ2) is 11.4. The average Bonchev–Trinajstić information content (AvgIpc) is 3.36. The van der Waals surface area contributed by atoms with Crippen molar-refractivity contribution in [1.82, 2.24) is 14.9 Å². The summed E-state index contributed by atoms with van der Waals surface area (Å²) in [5.41, 5.74) is 3.09. The molecule has 0 radical (unpaired) electrons. The van der Waals surface area contributed by atoms with Crippen molar-refractivity contribution < 1.29 is 19.0 Å². The molecule has 1 aliphatic rings. The van der Waals surface area contributed by atoms with E-state index in [0.29, 0.717) is 37.2 Å². The molecule has 1 aliphatic heterocycles. The van der Waals surface area contributed by atoms with Gasteiger partial charge in [0.2, 0.25) is 0 Å². The fourth-order valence-electron chi connectivity index (χ4n) is 4.71. The van der Waals surface area contributed by atoms with Gasteiger partial charge in [-0.15, -0.1) is 11.3 Å². The number of carboxylic acid groups (broad SMARTS) is 1.